The quantitative estimate of drug-likeness (QED) is 0.944. The van der Waals surface area contributed by atoms with Crippen LogP contribution in [0.25, 0.3) is 11.4 Å². The monoisotopic (exact) mass is 301 g/mol. The molecular formula is C13H17Cl2N3O. The van der Waals surface area contributed by atoms with Crippen LogP contribution < -0.4 is 5.73 Å². The Labute approximate surface area is 124 Å². The third-order valence-corrected chi connectivity index (χ3v) is 2.57. The minimum atomic E-state index is -0.406. The van der Waals surface area contributed by atoms with Crippen LogP contribution in [0.15, 0.2) is 36.7 Å². The zero-order valence-corrected chi connectivity index (χ0v) is 12.2. The third-order valence-electron chi connectivity index (χ3n) is 2.57. The van der Waals surface area contributed by atoms with Crippen molar-refractivity contribution in [3.8, 4) is 11.4 Å². The molecule has 0 fully saturated rings. The standard InChI is InChI=1S/C13H15N3O.2ClH/c1-2-7-16-9-10(13(14)17)8-12(16)11-5-3-4-6-15-11;;/h3-6,8-9H,2,7H2,1H3,(H2,14,17);2*1H. The maximum atomic E-state index is 11.2. The first-order chi connectivity index (χ1) is 8.22. The maximum Gasteiger partial charge on any atom is 0.250 e. The molecule has 0 atom stereocenters. The highest BCUT2D eigenvalue weighted by Gasteiger charge is 2.11. The highest BCUT2D eigenvalue weighted by Crippen LogP contribution is 2.20. The topological polar surface area (TPSA) is 60.9 Å². The summed E-state index contributed by atoms with van der Waals surface area (Å²) >= 11 is 0. The van der Waals surface area contributed by atoms with E-state index in [1.54, 1.807) is 18.5 Å². The van der Waals surface area contributed by atoms with Crippen LogP contribution in [0, 0.1) is 0 Å². The molecule has 0 spiro atoms. The minimum absolute atomic E-state index is 0. The van der Waals surface area contributed by atoms with E-state index < -0.39 is 5.91 Å². The molecule has 2 rings (SSSR count). The van der Waals surface area contributed by atoms with E-state index in [0.29, 0.717) is 5.56 Å². The molecular weight excluding hydrogens is 285 g/mol. The van der Waals surface area contributed by atoms with Gasteiger partial charge in [-0.3, -0.25) is 9.78 Å². The molecule has 2 N–H and O–H groups in total. The zero-order valence-electron chi connectivity index (χ0n) is 10.6. The first kappa shape index (κ1) is 17.5. The van der Waals surface area contributed by atoms with Crippen molar-refractivity contribution in [2.75, 3.05) is 0 Å². The molecule has 0 aliphatic heterocycles. The van der Waals surface area contributed by atoms with E-state index in [0.717, 1.165) is 24.4 Å². The molecule has 0 unspecified atom stereocenters. The van der Waals surface area contributed by atoms with Gasteiger partial charge in [-0.25, -0.2) is 0 Å². The number of pyridine rings is 1. The molecule has 1 amide bonds. The summed E-state index contributed by atoms with van der Waals surface area (Å²) in [5.41, 5.74) is 7.61. The number of carbonyl (C=O) groups excluding carboxylic acids is 1. The number of carbonyl (C=O) groups is 1. The lowest BCUT2D eigenvalue weighted by molar-refractivity contribution is 0.100. The van der Waals surface area contributed by atoms with Gasteiger partial charge in [-0.05, 0) is 24.6 Å². The van der Waals surface area contributed by atoms with Crippen molar-refractivity contribution in [3.63, 3.8) is 0 Å². The van der Waals surface area contributed by atoms with Crippen molar-refractivity contribution in [3.05, 3.63) is 42.2 Å². The van der Waals surface area contributed by atoms with Crippen molar-refractivity contribution in [1.29, 1.82) is 0 Å². The number of aromatic nitrogens is 2. The predicted molar refractivity (Wildman–Crippen MR) is 81.0 cm³/mol. The molecule has 2 aromatic rings. The van der Waals surface area contributed by atoms with Crippen LogP contribution in [0.1, 0.15) is 23.7 Å². The molecule has 0 radical (unpaired) electrons. The van der Waals surface area contributed by atoms with Crippen LogP contribution in [-0.4, -0.2) is 15.5 Å². The number of primary amides is 1. The molecule has 104 valence electrons. The van der Waals surface area contributed by atoms with E-state index in [1.165, 1.54) is 0 Å². The van der Waals surface area contributed by atoms with E-state index >= 15 is 0 Å². The number of amides is 1. The van der Waals surface area contributed by atoms with E-state index in [-0.39, 0.29) is 24.8 Å². The van der Waals surface area contributed by atoms with E-state index in [4.69, 9.17) is 5.73 Å². The Morgan fingerprint density at radius 1 is 1.37 bits per heavy atom. The van der Waals surface area contributed by atoms with Crippen molar-refractivity contribution >= 4 is 30.7 Å². The normalized spacial score (nSPS) is 9.32. The average Bonchev–Trinajstić information content (AvgIpc) is 2.75. The Morgan fingerprint density at radius 3 is 2.63 bits per heavy atom. The summed E-state index contributed by atoms with van der Waals surface area (Å²) in [4.78, 5) is 15.5. The van der Waals surface area contributed by atoms with Crippen molar-refractivity contribution in [2.45, 2.75) is 19.9 Å². The van der Waals surface area contributed by atoms with Gasteiger partial charge in [0.1, 0.15) is 0 Å². The Balaban J connectivity index is 0.00000162. The first-order valence-corrected chi connectivity index (χ1v) is 5.63. The van der Waals surface area contributed by atoms with Crippen LogP contribution in [0.3, 0.4) is 0 Å². The van der Waals surface area contributed by atoms with E-state index in [2.05, 4.69) is 11.9 Å². The fourth-order valence-corrected chi connectivity index (χ4v) is 1.80. The second kappa shape index (κ2) is 7.81. The van der Waals surface area contributed by atoms with E-state index in [9.17, 15) is 4.79 Å². The van der Waals surface area contributed by atoms with Crippen LogP contribution in [-0.2, 0) is 6.54 Å². The summed E-state index contributed by atoms with van der Waals surface area (Å²) < 4.78 is 2.02. The average molecular weight is 302 g/mol. The second-order valence-corrected chi connectivity index (χ2v) is 3.89. The fourth-order valence-electron chi connectivity index (χ4n) is 1.80. The van der Waals surface area contributed by atoms with Crippen molar-refractivity contribution in [2.24, 2.45) is 5.73 Å². The van der Waals surface area contributed by atoms with Gasteiger partial charge in [0.25, 0.3) is 0 Å². The Hall–Kier alpha value is -1.52. The van der Waals surface area contributed by atoms with Crippen molar-refractivity contribution < 1.29 is 4.79 Å². The smallest absolute Gasteiger partial charge is 0.250 e. The van der Waals surface area contributed by atoms with Gasteiger partial charge in [-0.1, -0.05) is 13.0 Å². The van der Waals surface area contributed by atoms with Crippen LogP contribution in [0.4, 0.5) is 0 Å². The van der Waals surface area contributed by atoms with Gasteiger partial charge >= 0.3 is 0 Å². The molecule has 2 aromatic heterocycles. The minimum Gasteiger partial charge on any atom is -0.366 e. The van der Waals surface area contributed by atoms with Gasteiger partial charge in [0.05, 0.1) is 17.0 Å². The number of hydrogen-bond donors (Lipinski definition) is 1. The largest absolute Gasteiger partial charge is 0.366 e. The SMILES string of the molecule is CCCn1cc(C(N)=O)cc1-c1ccccn1.Cl.Cl. The summed E-state index contributed by atoms with van der Waals surface area (Å²) in [6.07, 6.45) is 4.52. The summed E-state index contributed by atoms with van der Waals surface area (Å²) in [5, 5.41) is 0. The highest BCUT2D eigenvalue weighted by molar-refractivity contribution is 5.94. The van der Waals surface area contributed by atoms with Gasteiger partial charge in [0, 0.05) is 18.9 Å². The summed E-state index contributed by atoms with van der Waals surface area (Å²) in [6, 6.07) is 7.51. The first-order valence-electron chi connectivity index (χ1n) is 5.63. The number of rotatable bonds is 4. The lowest BCUT2D eigenvalue weighted by Gasteiger charge is -2.06. The molecule has 0 saturated carbocycles. The number of nitrogens with zero attached hydrogens (tertiary/aromatic N) is 2. The molecule has 0 saturated heterocycles. The molecule has 19 heavy (non-hydrogen) atoms. The predicted octanol–water partition coefficient (Wildman–Crippen LogP) is 2.90. The van der Waals surface area contributed by atoms with Crippen molar-refractivity contribution in [1.82, 2.24) is 9.55 Å². The lowest BCUT2D eigenvalue weighted by atomic mass is 10.2. The second-order valence-electron chi connectivity index (χ2n) is 3.89. The van der Waals surface area contributed by atoms with Gasteiger partial charge in [-0.15, -0.1) is 24.8 Å². The van der Waals surface area contributed by atoms with Gasteiger partial charge < -0.3 is 10.3 Å². The highest BCUT2D eigenvalue weighted by atomic mass is 35.5. The number of aryl methyl sites for hydroxylation is 1. The molecule has 2 heterocycles. The van der Waals surface area contributed by atoms with Crippen LogP contribution >= 0.6 is 24.8 Å². The summed E-state index contributed by atoms with van der Waals surface area (Å²) in [5.74, 6) is -0.406. The fraction of sp³-hybridized carbons (Fsp3) is 0.231. The lowest BCUT2D eigenvalue weighted by Crippen LogP contribution is -2.09. The molecule has 0 aliphatic carbocycles. The zero-order chi connectivity index (χ0) is 12.3. The Kier molecular flexibility index (Phi) is 7.19. The molecule has 0 aromatic carbocycles. The Bertz CT molecular complexity index is 526. The third kappa shape index (κ3) is 3.98. The van der Waals surface area contributed by atoms with Gasteiger partial charge in [0.15, 0.2) is 0 Å². The number of nitrogens with two attached hydrogens (primary N) is 1. The molecule has 4 nitrogen and oxygen atoms in total. The molecule has 0 aliphatic rings. The Morgan fingerprint density at radius 2 is 2.11 bits per heavy atom. The number of halogens is 2. The summed E-state index contributed by atoms with van der Waals surface area (Å²) in [6.45, 7) is 2.94. The maximum absolute atomic E-state index is 11.2. The van der Waals surface area contributed by atoms with Crippen LogP contribution in [0.2, 0.25) is 0 Å². The van der Waals surface area contributed by atoms with Crippen LogP contribution in [0.5, 0.6) is 0 Å². The summed E-state index contributed by atoms with van der Waals surface area (Å²) in [7, 11) is 0. The van der Waals surface area contributed by atoms with Gasteiger partial charge in [0.2, 0.25) is 5.91 Å². The van der Waals surface area contributed by atoms with E-state index in [1.807, 2.05) is 22.8 Å². The number of hydrogen-bond acceptors (Lipinski definition) is 2. The molecule has 0 bridgehead atoms. The van der Waals surface area contributed by atoms with Gasteiger partial charge in [-0.2, -0.15) is 0 Å². The molecule has 6 heteroatoms.